The Hall–Kier alpha value is -1.10. The SMILES string of the molecule is Cc1cc(C(C)(C)C)ccc1OC[C@H](O)CN1CCOCC1. The molecule has 1 N–H and O–H groups in total. The maximum absolute atomic E-state index is 10.1. The number of morpholine rings is 1. The van der Waals surface area contributed by atoms with Crippen LogP contribution < -0.4 is 4.74 Å². The molecule has 1 heterocycles. The minimum absolute atomic E-state index is 0.138. The van der Waals surface area contributed by atoms with E-state index in [9.17, 15) is 5.11 Å². The Morgan fingerprint density at radius 1 is 1.27 bits per heavy atom. The molecule has 0 bridgehead atoms. The van der Waals surface area contributed by atoms with Gasteiger partial charge in [0.1, 0.15) is 18.5 Å². The number of aliphatic hydroxyl groups is 1. The van der Waals surface area contributed by atoms with Crippen molar-refractivity contribution in [1.82, 2.24) is 4.90 Å². The predicted molar refractivity (Wildman–Crippen MR) is 88.6 cm³/mol. The van der Waals surface area contributed by atoms with E-state index in [0.717, 1.165) is 37.6 Å². The van der Waals surface area contributed by atoms with Gasteiger partial charge in [0, 0.05) is 19.6 Å². The number of β-amino-alcohol motifs (C(OH)–C–C–N with tert-alkyl or cyclic N) is 1. The third kappa shape index (κ3) is 4.97. The average Bonchev–Trinajstić information content (AvgIpc) is 2.46. The molecule has 1 fully saturated rings. The van der Waals surface area contributed by atoms with Crippen molar-refractivity contribution in [3.05, 3.63) is 29.3 Å². The van der Waals surface area contributed by atoms with Gasteiger partial charge < -0.3 is 14.6 Å². The van der Waals surface area contributed by atoms with Gasteiger partial charge in [-0.2, -0.15) is 0 Å². The molecule has 1 aromatic carbocycles. The highest BCUT2D eigenvalue weighted by Crippen LogP contribution is 2.27. The van der Waals surface area contributed by atoms with Crippen molar-refractivity contribution >= 4 is 0 Å². The van der Waals surface area contributed by atoms with Crippen molar-refractivity contribution in [3.8, 4) is 5.75 Å². The standard InChI is InChI=1S/C18H29NO3/c1-14-11-15(18(2,3)4)5-6-17(14)22-13-16(20)12-19-7-9-21-10-8-19/h5-6,11,16,20H,7-10,12-13H2,1-4H3/t16-/m1/s1. The first-order valence-corrected chi connectivity index (χ1v) is 8.08. The molecule has 1 saturated heterocycles. The van der Waals surface area contributed by atoms with E-state index in [4.69, 9.17) is 9.47 Å². The van der Waals surface area contributed by atoms with Crippen LogP contribution in [0.4, 0.5) is 0 Å². The number of aliphatic hydroxyl groups excluding tert-OH is 1. The first kappa shape index (κ1) is 17.3. The summed E-state index contributed by atoms with van der Waals surface area (Å²) in [5.74, 6) is 0.856. The zero-order valence-corrected chi connectivity index (χ0v) is 14.3. The molecule has 0 radical (unpaired) electrons. The molecular formula is C18H29NO3. The van der Waals surface area contributed by atoms with E-state index in [1.54, 1.807) is 0 Å². The molecule has 0 unspecified atom stereocenters. The summed E-state index contributed by atoms with van der Waals surface area (Å²) in [7, 11) is 0. The van der Waals surface area contributed by atoms with Gasteiger partial charge in [-0.3, -0.25) is 4.90 Å². The van der Waals surface area contributed by atoms with Crippen LogP contribution in [0.5, 0.6) is 5.75 Å². The van der Waals surface area contributed by atoms with Crippen molar-refractivity contribution in [2.45, 2.75) is 39.2 Å². The highest BCUT2D eigenvalue weighted by Gasteiger charge is 2.17. The van der Waals surface area contributed by atoms with Gasteiger partial charge in [-0.05, 0) is 29.5 Å². The summed E-state index contributed by atoms with van der Waals surface area (Å²) in [5, 5.41) is 10.1. The molecule has 4 nitrogen and oxygen atoms in total. The second-order valence-electron chi connectivity index (χ2n) is 7.11. The average molecular weight is 307 g/mol. The Labute approximate surface area is 134 Å². The zero-order chi connectivity index (χ0) is 16.2. The lowest BCUT2D eigenvalue weighted by Gasteiger charge is -2.28. The molecule has 1 aliphatic heterocycles. The lowest BCUT2D eigenvalue weighted by Crippen LogP contribution is -2.42. The van der Waals surface area contributed by atoms with Crippen LogP contribution in [0.1, 0.15) is 31.9 Å². The molecule has 0 aliphatic carbocycles. The van der Waals surface area contributed by atoms with Crippen LogP contribution in [0.2, 0.25) is 0 Å². The highest BCUT2D eigenvalue weighted by atomic mass is 16.5. The fourth-order valence-electron chi connectivity index (χ4n) is 2.60. The number of hydrogen-bond donors (Lipinski definition) is 1. The minimum Gasteiger partial charge on any atom is -0.491 e. The molecule has 4 heteroatoms. The van der Waals surface area contributed by atoms with E-state index >= 15 is 0 Å². The predicted octanol–water partition coefficient (Wildman–Crippen LogP) is 2.36. The van der Waals surface area contributed by atoms with Crippen LogP contribution in [0.3, 0.4) is 0 Å². The van der Waals surface area contributed by atoms with Gasteiger partial charge in [-0.25, -0.2) is 0 Å². The third-order valence-electron chi connectivity index (χ3n) is 4.04. The summed E-state index contributed by atoms with van der Waals surface area (Å²) >= 11 is 0. The van der Waals surface area contributed by atoms with Gasteiger partial charge in [0.2, 0.25) is 0 Å². The van der Waals surface area contributed by atoms with Crippen LogP contribution in [0, 0.1) is 6.92 Å². The fourth-order valence-corrected chi connectivity index (χ4v) is 2.60. The van der Waals surface area contributed by atoms with Crippen molar-refractivity contribution in [2.24, 2.45) is 0 Å². The van der Waals surface area contributed by atoms with Crippen molar-refractivity contribution < 1.29 is 14.6 Å². The third-order valence-corrected chi connectivity index (χ3v) is 4.04. The monoisotopic (exact) mass is 307 g/mol. The molecule has 124 valence electrons. The Morgan fingerprint density at radius 3 is 2.55 bits per heavy atom. The summed E-state index contributed by atoms with van der Waals surface area (Å²) < 4.78 is 11.1. The smallest absolute Gasteiger partial charge is 0.122 e. The fraction of sp³-hybridized carbons (Fsp3) is 0.667. The van der Waals surface area contributed by atoms with Gasteiger partial charge in [0.25, 0.3) is 0 Å². The molecule has 2 rings (SSSR count). The number of benzene rings is 1. The van der Waals surface area contributed by atoms with Gasteiger partial charge in [0.15, 0.2) is 0 Å². The normalized spacial score (nSPS) is 18.2. The second-order valence-corrected chi connectivity index (χ2v) is 7.11. The summed E-state index contributed by atoms with van der Waals surface area (Å²) in [6, 6.07) is 6.29. The lowest BCUT2D eigenvalue weighted by molar-refractivity contribution is 0.00460. The van der Waals surface area contributed by atoms with Crippen LogP contribution in [-0.2, 0) is 10.2 Å². The second kappa shape index (κ2) is 7.44. The Morgan fingerprint density at radius 2 is 1.95 bits per heavy atom. The summed E-state index contributed by atoms with van der Waals surface area (Å²) in [6.45, 7) is 12.9. The van der Waals surface area contributed by atoms with Gasteiger partial charge >= 0.3 is 0 Å². The zero-order valence-electron chi connectivity index (χ0n) is 14.3. The van der Waals surface area contributed by atoms with Crippen molar-refractivity contribution in [2.75, 3.05) is 39.5 Å². The summed E-state index contributed by atoms with van der Waals surface area (Å²) in [6.07, 6.45) is -0.472. The number of hydrogen-bond acceptors (Lipinski definition) is 4. The maximum Gasteiger partial charge on any atom is 0.122 e. The van der Waals surface area contributed by atoms with E-state index in [0.29, 0.717) is 13.2 Å². The van der Waals surface area contributed by atoms with Crippen LogP contribution in [0.25, 0.3) is 0 Å². The van der Waals surface area contributed by atoms with E-state index in [1.807, 2.05) is 6.07 Å². The molecular weight excluding hydrogens is 278 g/mol. The van der Waals surface area contributed by atoms with Crippen molar-refractivity contribution in [3.63, 3.8) is 0 Å². The molecule has 0 aromatic heterocycles. The van der Waals surface area contributed by atoms with Crippen LogP contribution >= 0.6 is 0 Å². The largest absolute Gasteiger partial charge is 0.491 e. The van der Waals surface area contributed by atoms with Gasteiger partial charge in [-0.15, -0.1) is 0 Å². The van der Waals surface area contributed by atoms with Gasteiger partial charge in [0.05, 0.1) is 13.2 Å². The molecule has 1 atom stereocenters. The molecule has 22 heavy (non-hydrogen) atoms. The molecule has 1 aromatic rings. The van der Waals surface area contributed by atoms with E-state index < -0.39 is 6.10 Å². The first-order valence-electron chi connectivity index (χ1n) is 8.08. The number of ether oxygens (including phenoxy) is 2. The Bertz CT molecular complexity index is 476. The number of nitrogens with zero attached hydrogens (tertiary/aromatic N) is 1. The topological polar surface area (TPSA) is 41.9 Å². The summed E-state index contributed by atoms with van der Waals surface area (Å²) in [5.41, 5.74) is 2.55. The van der Waals surface area contributed by atoms with Crippen molar-refractivity contribution in [1.29, 1.82) is 0 Å². The number of aryl methyl sites for hydroxylation is 1. The highest BCUT2D eigenvalue weighted by molar-refractivity contribution is 5.38. The van der Waals surface area contributed by atoms with Crippen LogP contribution in [-0.4, -0.2) is 55.6 Å². The van der Waals surface area contributed by atoms with Crippen LogP contribution in [0.15, 0.2) is 18.2 Å². The lowest BCUT2D eigenvalue weighted by atomic mass is 9.86. The van der Waals surface area contributed by atoms with E-state index in [2.05, 4.69) is 44.7 Å². The maximum atomic E-state index is 10.1. The van der Waals surface area contributed by atoms with E-state index in [1.165, 1.54) is 5.56 Å². The molecule has 0 amide bonds. The minimum atomic E-state index is -0.472. The number of rotatable bonds is 5. The Balaban J connectivity index is 1.85. The van der Waals surface area contributed by atoms with Gasteiger partial charge in [-0.1, -0.05) is 32.9 Å². The molecule has 0 saturated carbocycles. The summed E-state index contributed by atoms with van der Waals surface area (Å²) in [4.78, 5) is 2.22. The molecule has 0 spiro atoms. The first-order chi connectivity index (χ1) is 10.4. The molecule has 1 aliphatic rings. The quantitative estimate of drug-likeness (QED) is 0.907. The van der Waals surface area contributed by atoms with E-state index in [-0.39, 0.29) is 5.41 Å². The Kier molecular flexibility index (Phi) is 5.84.